The van der Waals surface area contributed by atoms with E-state index >= 15 is 0 Å². The van der Waals surface area contributed by atoms with Crippen molar-refractivity contribution in [3.05, 3.63) is 53.6 Å². The van der Waals surface area contributed by atoms with E-state index in [0.717, 1.165) is 33.5 Å². The largest absolute Gasteiger partial charge is 0.497 e. The minimum absolute atomic E-state index is 0.00207. The summed E-state index contributed by atoms with van der Waals surface area (Å²) in [4.78, 5) is 14.9. The van der Waals surface area contributed by atoms with Crippen LogP contribution in [0.2, 0.25) is 0 Å². The molecule has 3 rings (SSSR count). The molecule has 3 aromatic rings. The van der Waals surface area contributed by atoms with Crippen LogP contribution in [0.15, 0.2) is 42.5 Å². The normalized spacial score (nSPS) is 11.7. The number of carbonyl (C=O) groups is 1. The van der Waals surface area contributed by atoms with E-state index in [1.807, 2.05) is 30.3 Å². The van der Waals surface area contributed by atoms with Gasteiger partial charge in [-0.15, -0.1) is 0 Å². The van der Waals surface area contributed by atoms with E-state index < -0.39 is 5.97 Å². The molecule has 2 N–H and O–H groups in total. The third-order valence-corrected chi connectivity index (χ3v) is 4.46. The summed E-state index contributed by atoms with van der Waals surface area (Å²) in [7, 11) is 1.62. The number of nitrogens with one attached hydrogen (secondary N) is 1. The second-order valence-corrected chi connectivity index (χ2v) is 7.29. The minimum atomic E-state index is -0.841. The molecule has 0 saturated heterocycles. The highest BCUT2D eigenvalue weighted by Crippen LogP contribution is 2.35. The SMILES string of the molecule is COc1cccc(-c2[nH]c3ccc(C(C)(C)C)cc3c2CC(=O)O)c1. The Morgan fingerprint density at radius 1 is 1.16 bits per heavy atom. The molecular formula is C21H23NO3. The van der Waals surface area contributed by atoms with Gasteiger partial charge in [0.1, 0.15) is 5.75 Å². The van der Waals surface area contributed by atoms with Crippen LogP contribution in [-0.4, -0.2) is 23.2 Å². The first-order valence-electron chi connectivity index (χ1n) is 8.31. The van der Waals surface area contributed by atoms with Crippen molar-refractivity contribution in [3.63, 3.8) is 0 Å². The Morgan fingerprint density at radius 2 is 1.92 bits per heavy atom. The number of aromatic nitrogens is 1. The number of hydrogen-bond donors (Lipinski definition) is 2. The molecule has 0 amide bonds. The first-order chi connectivity index (χ1) is 11.8. The zero-order valence-electron chi connectivity index (χ0n) is 15.0. The number of aliphatic carboxylic acids is 1. The first kappa shape index (κ1) is 17.1. The van der Waals surface area contributed by atoms with Crippen molar-refractivity contribution >= 4 is 16.9 Å². The Bertz CT molecular complexity index is 932. The topological polar surface area (TPSA) is 62.3 Å². The van der Waals surface area contributed by atoms with Crippen molar-refractivity contribution in [2.75, 3.05) is 7.11 Å². The molecule has 130 valence electrons. The fourth-order valence-corrected chi connectivity index (χ4v) is 3.07. The molecule has 0 fully saturated rings. The molecule has 0 radical (unpaired) electrons. The van der Waals surface area contributed by atoms with Crippen LogP contribution in [0.25, 0.3) is 22.2 Å². The van der Waals surface area contributed by atoms with E-state index in [9.17, 15) is 9.90 Å². The summed E-state index contributed by atoms with van der Waals surface area (Å²) in [5.41, 5.74) is 4.69. The van der Waals surface area contributed by atoms with Gasteiger partial charge in [-0.3, -0.25) is 4.79 Å². The monoisotopic (exact) mass is 337 g/mol. The maximum atomic E-state index is 11.5. The van der Waals surface area contributed by atoms with Crippen molar-refractivity contribution in [2.45, 2.75) is 32.6 Å². The Balaban J connectivity index is 2.25. The van der Waals surface area contributed by atoms with Gasteiger partial charge in [-0.2, -0.15) is 0 Å². The van der Waals surface area contributed by atoms with Crippen LogP contribution >= 0.6 is 0 Å². The highest BCUT2D eigenvalue weighted by atomic mass is 16.5. The molecule has 0 spiro atoms. The summed E-state index contributed by atoms with van der Waals surface area (Å²) in [6.45, 7) is 6.46. The van der Waals surface area contributed by atoms with Gasteiger partial charge in [0.05, 0.1) is 19.2 Å². The van der Waals surface area contributed by atoms with Crippen molar-refractivity contribution in [2.24, 2.45) is 0 Å². The molecular weight excluding hydrogens is 314 g/mol. The summed E-state index contributed by atoms with van der Waals surface area (Å²) in [5.74, 6) is -0.0981. The lowest BCUT2D eigenvalue weighted by Crippen LogP contribution is -2.10. The fourth-order valence-electron chi connectivity index (χ4n) is 3.07. The van der Waals surface area contributed by atoms with Gasteiger partial charge in [-0.05, 0) is 40.8 Å². The Morgan fingerprint density at radius 3 is 2.56 bits per heavy atom. The molecule has 4 nitrogen and oxygen atoms in total. The Kier molecular flexibility index (Phi) is 4.29. The summed E-state index contributed by atoms with van der Waals surface area (Å²) in [6.07, 6.45) is -0.0276. The molecule has 0 aliphatic rings. The molecule has 0 aliphatic carbocycles. The van der Waals surface area contributed by atoms with Crippen molar-refractivity contribution in [3.8, 4) is 17.0 Å². The standard InChI is InChI=1S/C21H23NO3/c1-21(2,3)14-8-9-18-16(11-14)17(12-19(23)24)20(22-18)13-6-5-7-15(10-13)25-4/h5-11,22H,12H2,1-4H3,(H,23,24). The molecule has 0 bridgehead atoms. The number of methoxy groups -OCH3 is 1. The summed E-state index contributed by atoms with van der Waals surface area (Å²) in [6, 6.07) is 13.9. The zero-order valence-corrected chi connectivity index (χ0v) is 15.0. The molecule has 1 aromatic heterocycles. The van der Waals surface area contributed by atoms with Gasteiger partial charge in [0.25, 0.3) is 0 Å². The maximum absolute atomic E-state index is 11.5. The van der Waals surface area contributed by atoms with Crippen LogP contribution < -0.4 is 4.74 Å². The van der Waals surface area contributed by atoms with Gasteiger partial charge in [-0.1, -0.05) is 39.0 Å². The van der Waals surface area contributed by atoms with Gasteiger partial charge in [0.15, 0.2) is 0 Å². The van der Waals surface area contributed by atoms with E-state index in [1.54, 1.807) is 7.11 Å². The number of fused-ring (bicyclic) bond motifs is 1. The Labute approximate surface area is 147 Å². The molecule has 0 unspecified atom stereocenters. The molecule has 0 aliphatic heterocycles. The van der Waals surface area contributed by atoms with E-state index in [-0.39, 0.29) is 11.8 Å². The van der Waals surface area contributed by atoms with Gasteiger partial charge in [-0.25, -0.2) is 0 Å². The zero-order chi connectivity index (χ0) is 18.2. The second kappa shape index (κ2) is 6.28. The number of aromatic amines is 1. The molecule has 25 heavy (non-hydrogen) atoms. The van der Waals surface area contributed by atoms with Crippen molar-refractivity contribution in [1.82, 2.24) is 4.98 Å². The summed E-state index contributed by atoms with van der Waals surface area (Å²) in [5, 5.41) is 10.4. The average molecular weight is 337 g/mol. The average Bonchev–Trinajstić information content (AvgIpc) is 2.91. The van der Waals surface area contributed by atoms with Crippen LogP contribution in [0.4, 0.5) is 0 Å². The number of rotatable bonds is 4. The summed E-state index contributed by atoms with van der Waals surface area (Å²) >= 11 is 0. The molecule has 0 saturated carbocycles. The lowest BCUT2D eigenvalue weighted by Gasteiger charge is -2.19. The van der Waals surface area contributed by atoms with Crippen molar-refractivity contribution < 1.29 is 14.6 Å². The second-order valence-electron chi connectivity index (χ2n) is 7.29. The predicted molar refractivity (Wildman–Crippen MR) is 100 cm³/mol. The number of carboxylic acid groups (broad SMARTS) is 1. The number of ether oxygens (including phenoxy) is 1. The maximum Gasteiger partial charge on any atom is 0.307 e. The van der Waals surface area contributed by atoms with E-state index in [0.29, 0.717) is 0 Å². The number of hydrogen-bond acceptors (Lipinski definition) is 2. The van der Waals surface area contributed by atoms with Crippen LogP contribution in [0, 0.1) is 0 Å². The minimum Gasteiger partial charge on any atom is -0.497 e. The van der Waals surface area contributed by atoms with Crippen LogP contribution in [0.5, 0.6) is 5.75 Å². The molecule has 2 aromatic carbocycles. The lowest BCUT2D eigenvalue weighted by atomic mass is 9.86. The highest BCUT2D eigenvalue weighted by Gasteiger charge is 2.19. The van der Waals surface area contributed by atoms with E-state index in [4.69, 9.17) is 4.74 Å². The number of carboxylic acids is 1. The third kappa shape index (κ3) is 3.38. The van der Waals surface area contributed by atoms with E-state index in [2.05, 4.69) is 37.9 Å². The predicted octanol–water partition coefficient (Wildman–Crippen LogP) is 4.77. The number of benzene rings is 2. The fraction of sp³-hybridized carbons (Fsp3) is 0.286. The van der Waals surface area contributed by atoms with Crippen LogP contribution in [-0.2, 0) is 16.6 Å². The van der Waals surface area contributed by atoms with Crippen LogP contribution in [0.3, 0.4) is 0 Å². The molecule has 4 heteroatoms. The molecule has 0 atom stereocenters. The van der Waals surface area contributed by atoms with Crippen molar-refractivity contribution in [1.29, 1.82) is 0 Å². The summed E-state index contributed by atoms with van der Waals surface area (Å²) < 4.78 is 5.30. The van der Waals surface area contributed by atoms with Gasteiger partial charge in [0, 0.05) is 16.5 Å². The lowest BCUT2D eigenvalue weighted by molar-refractivity contribution is -0.136. The quantitative estimate of drug-likeness (QED) is 0.721. The molecule has 1 heterocycles. The third-order valence-electron chi connectivity index (χ3n) is 4.46. The smallest absolute Gasteiger partial charge is 0.307 e. The number of H-pyrrole nitrogens is 1. The van der Waals surface area contributed by atoms with Crippen LogP contribution in [0.1, 0.15) is 31.9 Å². The van der Waals surface area contributed by atoms with Gasteiger partial charge in [0.2, 0.25) is 0 Å². The van der Waals surface area contributed by atoms with Gasteiger partial charge < -0.3 is 14.8 Å². The Hall–Kier alpha value is -2.75. The highest BCUT2D eigenvalue weighted by molar-refractivity contribution is 5.94. The van der Waals surface area contributed by atoms with E-state index in [1.165, 1.54) is 5.56 Å². The van der Waals surface area contributed by atoms with Gasteiger partial charge >= 0.3 is 5.97 Å². The first-order valence-corrected chi connectivity index (χ1v) is 8.31.